The van der Waals surface area contributed by atoms with Gasteiger partial charge in [-0.25, -0.2) is 4.79 Å². The van der Waals surface area contributed by atoms with Gasteiger partial charge in [0.1, 0.15) is 5.75 Å². The Morgan fingerprint density at radius 3 is 2.61 bits per heavy atom. The van der Waals surface area contributed by atoms with Gasteiger partial charge in [0.15, 0.2) is 12.7 Å². The van der Waals surface area contributed by atoms with E-state index in [0.717, 1.165) is 36.0 Å². The standard InChI is InChI=1S/C23H27NO4/c1-15-11-16(2)13-19(12-15)27-14-22(25)28-17(3)23(26)24-21-10-6-8-18-7-4-5-9-20(18)21/h4-5,7,9,11-13,17,21H,6,8,10,14H2,1-3H3,(H,24,26)/t17-,21-/m0/s1. The lowest BCUT2D eigenvalue weighted by Gasteiger charge is -2.27. The van der Waals surface area contributed by atoms with Crippen molar-refractivity contribution in [3.63, 3.8) is 0 Å². The molecule has 0 unspecified atom stereocenters. The summed E-state index contributed by atoms with van der Waals surface area (Å²) in [6, 6.07) is 13.9. The molecular weight excluding hydrogens is 354 g/mol. The Morgan fingerprint density at radius 1 is 1.14 bits per heavy atom. The van der Waals surface area contributed by atoms with Gasteiger partial charge in [-0.1, -0.05) is 30.3 Å². The van der Waals surface area contributed by atoms with Gasteiger partial charge in [-0.2, -0.15) is 0 Å². The van der Waals surface area contributed by atoms with Gasteiger partial charge < -0.3 is 14.8 Å². The zero-order chi connectivity index (χ0) is 20.1. The SMILES string of the molecule is Cc1cc(C)cc(OCC(=O)O[C@@H](C)C(=O)N[C@H]2CCCc3ccccc32)c1. The number of hydrogen-bond acceptors (Lipinski definition) is 4. The Kier molecular flexibility index (Phi) is 6.34. The van der Waals surface area contributed by atoms with Crippen LogP contribution < -0.4 is 10.1 Å². The summed E-state index contributed by atoms with van der Waals surface area (Å²) in [7, 11) is 0. The molecule has 148 valence electrons. The third-order valence-corrected chi connectivity index (χ3v) is 4.92. The third-order valence-electron chi connectivity index (χ3n) is 4.92. The van der Waals surface area contributed by atoms with E-state index in [9.17, 15) is 9.59 Å². The van der Waals surface area contributed by atoms with Crippen molar-refractivity contribution in [2.45, 2.75) is 52.2 Å². The molecule has 28 heavy (non-hydrogen) atoms. The molecule has 1 aliphatic rings. The van der Waals surface area contributed by atoms with Gasteiger partial charge in [-0.05, 0) is 74.4 Å². The topological polar surface area (TPSA) is 64.6 Å². The maximum Gasteiger partial charge on any atom is 0.344 e. The second-order valence-corrected chi connectivity index (χ2v) is 7.40. The summed E-state index contributed by atoms with van der Waals surface area (Å²) >= 11 is 0. The maximum absolute atomic E-state index is 12.5. The zero-order valence-corrected chi connectivity index (χ0v) is 16.7. The van der Waals surface area contributed by atoms with Crippen molar-refractivity contribution in [3.8, 4) is 5.75 Å². The summed E-state index contributed by atoms with van der Waals surface area (Å²) in [5.74, 6) is -0.238. The van der Waals surface area contributed by atoms with E-state index < -0.39 is 12.1 Å². The minimum atomic E-state index is -0.871. The van der Waals surface area contributed by atoms with E-state index in [1.807, 2.05) is 50.2 Å². The van der Waals surface area contributed by atoms with E-state index >= 15 is 0 Å². The molecule has 0 heterocycles. The predicted molar refractivity (Wildman–Crippen MR) is 107 cm³/mol. The molecule has 0 saturated heterocycles. The Labute approximate surface area is 166 Å². The fraction of sp³-hybridized carbons (Fsp3) is 0.391. The van der Waals surface area contributed by atoms with Crippen LogP contribution in [-0.4, -0.2) is 24.6 Å². The van der Waals surface area contributed by atoms with Crippen molar-refractivity contribution < 1.29 is 19.1 Å². The number of amides is 1. The van der Waals surface area contributed by atoms with E-state index in [0.29, 0.717) is 5.75 Å². The minimum absolute atomic E-state index is 0.0369. The number of benzene rings is 2. The van der Waals surface area contributed by atoms with E-state index in [-0.39, 0.29) is 18.6 Å². The summed E-state index contributed by atoms with van der Waals surface area (Å²) in [5, 5.41) is 3.01. The summed E-state index contributed by atoms with van der Waals surface area (Å²) in [6.07, 6.45) is 2.08. The lowest BCUT2D eigenvalue weighted by Crippen LogP contribution is -2.39. The number of carbonyl (C=O) groups excluding carboxylic acids is 2. The smallest absolute Gasteiger partial charge is 0.344 e. The molecule has 1 N–H and O–H groups in total. The molecule has 0 radical (unpaired) electrons. The molecule has 0 aliphatic heterocycles. The molecule has 0 bridgehead atoms. The highest BCUT2D eigenvalue weighted by atomic mass is 16.6. The van der Waals surface area contributed by atoms with Crippen LogP contribution in [0.25, 0.3) is 0 Å². The van der Waals surface area contributed by atoms with Crippen LogP contribution >= 0.6 is 0 Å². The van der Waals surface area contributed by atoms with Crippen LogP contribution in [0, 0.1) is 13.8 Å². The first-order valence-corrected chi connectivity index (χ1v) is 9.71. The van der Waals surface area contributed by atoms with Crippen molar-refractivity contribution in [1.29, 1.82) is 0 Å². The van der Waals surface area contributed by atoms with Gasteiger partial charge in [-0.15, -0.1) is 0 Å². The van der Waals surface area contributed by atoms with Crippen LogP contribution in [0.4, 0.5) is 0 Å². The first-order chi connectivity index (χ1) is 13.4. The summed E-state index contributed by atoms with van der Waals surface area (Å²) in [4.78, 5) is 24.6. The van der Waals surface area contributed by atoms with Gasteiger partial charge in [0.2, 0.25) is 0 Å². The number of hydrogen-bond donors (Lipinski definition) is 1. The van der Waals surface area contributed by atoms with Gasteiger partial charge >= 0.3 is 5.97 Å². The minimum Gasteiger partial charge on any atom is -0.482 e. The molecular formula is C23H27NO4. The molecule has 5 heteroatoms. The van der Waals surface area contributed by atoms with E-state index in [1.54, 1.807) is 6.92 Å². The number of carbonyl (C=O) groups is 2. The van der Waals surface area contributed by atoms with Crippen LogP contribution in [0.5, 0.6) is 5.75 Å². The number of nitrogens with one attached hydrogen (secondary N) is 1. The number of fused-ring (bicyclic) bond motifs is 1. The van der Waals surface area contributed by atoms with Crippen LogP contribution in [-0.2, 0) is 20.7 Å². The highest BCUT2D eigenvalue weighted by molar-refractivity contribution is 5.84. The molecule has 0 spiro atoms. The Bertz CT molecular complexity index is 841. The molecule has 5 nitrogen and oxygen atoms in total. The molecule has 2 aromatic carbocycles. The van der Waals surface area contributed by atoms with E-state index in [2.05, 4.69) is 11.4 Å². The molecule has 1 aliphatic carbocycles. The molecule has 0 aromatic heterocycles. The highest BCUT2D eigenvalue weighted by Gasteiger charge is 2.25. The number of rotatable bonds is 6. The van der Waals surface area contributed by atoms with E-state index in [1.165, 1.54) is 5.56 Å². The average molecular weight is 381 g/mol. The van der Waals surface area contributed by atoms with Crippen molar-refractivity contribution in [2.75, 3.05) is 6.61 Å². The largest absolute Gasteiger partial charge is 0.482 e. The van der Waals surface area contributed by atoms with Crippen molar-refractivity contribution in [3.05, 3.63) is 64.7 Å². The molecule has 0 saturated carbocycles. The first kappa shape index (κ1) is 19.9. The molecule has 3 rings (SSSR count). The quantitative estimate of drug-likeness (QED) is 0.773. The lowest BCUT2D eigenvalue weighted by molar-refractivity contribution is -0.156. The molecule has 1 amide bonds. The van der Waals surface area contributed by atoms with Crippen LogP contribution in [0.2, 0.25) is 0 Å². The van der Waals surface area contributed by atoms with Gasteiger partial charge in [0.05, 0.1) is 6.04 Å². The van der Waals surface area contributed by atoms with E-state index in [4.69, 9.17) is 9.47 Å². The summed E-state index contributed by atoms with van der Waals surface area (Å²) in [6.45, 7) is 5.29. The normalized spacial score (nSPS) is 16.6. The first-order valence-electron chi connectivity index (χ1n) is 9.71. The maximum atomic E-state index is 12.5. The Hall–Kier alpha value is -2.82. The fourth-order valence-corrected chi connectivity index (χ4v) is 3.64. The second kappa shape index (κ2) is 8.91. The summed E-state index contributed by atoms with van der Waals surface area (Å²) in [5.41, 5.74) is 4.54. The molecule has 2 aromatic rings. The average Bonchev–Trinajstić information content (AvgIpc) is 2.66. The second-order valence-electron chi connectivity index (χ2n) is 7.40. The Morgan fingerprint density at radius 2 is 1.86 bits per heavy atom. The van der Waals surface area contributed by atoms with Crippen molar-refractivity contribution >= 4 is 11.9 Å². The monoisotopic (exact) mass is 381 g/mol. The zero-order valence-electron chi connectivity index (χ0n) is 16.7. The van der Waals surface area contributed by atoms with Gasteiger partial charge in [0, 0.05) is 0 Å². The lowest BCUT2D eigenvalue weighted by atomic mass is 9.87. The van der Waals surface area contributed by atoms with Crippen molar-refractivity contribution in [2.24, 2.45) is 0 Å². The highest BCUT2D eigenvalue weighted by Crippen LogP contribution is 2.29. The number of aryl methyl sites for hydroxylation is 3. The number of ether oxygens (including phenoxy) is 2. The van der Waals surface area contributed by atoms with Crippen molar-refractivity contribution in [1.82, 2.24) is 5.32 Å². The fourth-order valence-electron chi connectivity index (χ4n) is 3.64. The molecule has 2 atom stereocenters. The van der Waals surface area contributed by atoms with Crippen LogP contribution in [0.15, 0.2) is 42.5 Å². The van der Waals surface area contributed by atoms with Crippen LogP contribution in [0.1, 0.15) is 48.1 Å². The Balaban J connectivity index is 1.51. The predicted octanol–water partition coefficient (Wildman–Crippen LogP) is 3.81. The summed E-state index contributed by atoms with van der Waals surface area (Å²) < 4.78 is 10.7. The van der Waals surface area contributed by atoms with Gasteiger partial charge in [0.25, 0.3) is 5.91 Å². The molecule has 0 fully saturated rings. The third kappa shape index (κ3) is 5.12. The number of esters is 1. The van der Waals surface area contributed by atoms with Crippen LogP contribution in [0.3, 0.4) is 0 Å². The van der Waals surface area contributed by atoms with Gasteiger partial charge in [-0.3, -0.25) is 4.79 Å².